The summed E-state index contributed by atoms with van der Waals surface area (Å²) in [6, 6.07) is 0. The van der Waals surface area contributed by atoms with Gasteiger partial charge in [0.05, 0.1) is 6.54 Å². The van der Waals surface area contributed by atoms with Crippen molar-refractivity contribution >= 4 is 17.8 Å². The first-order valence-electron chi connectivity index (χ1n) is 3.69. The third-order valence-corrected chi connectivity index (χ3v) is 1.39. The van der Waals surface area contributed by atoms with Gasteiger partial charge in [-0.25, -0.2) is 9.48 Å². The number of rotatable bonds is 3. The van der Waals surface area contributed by atoms with E-state index < -0.39 is 11.9 Å². The Bertz CT molecular complexity index is 372. The number of carbonyl (C=O) groups excluding carboxylic acids is 1. The highest BCUT2D eigenvalue weighted by molar-refractivity contribution is 5.91. The van der Waals surface area contributed by atoms with Crippen LogP contribution in [0.2, 0.25) is 0 Å². The van der Waals surface area contributed by atoms with Gasteiger partial charge in [-0.05, 0) is 0 Å². The van der Waals surface area contributed by atoms with E-state index in [0.29, 0.717) is 0 Å². The monoisotopic (exact) mass is 199 g/mol. The van der Waals surface area contributed by atoms with Crippen LogP contribution in [0.5, 0.6) is 0 Å². The summed E-state index contributed by atoms with van der Waals surface area (Å²) in [5, 5.41) is 14.4. The Hall–Kier alpha value is -1.96. The van der Waals surface area contributed by atoms with Gasteiger partial charge < -0.3 is 10.8 Å². The van der Waals surface area contributed by atoms with Crippen LogP contribution in [0.1, 0.15) is 10.6 Å². The Morgan fingerprint density at radius 1 is 1.64 bits per heavy atom. The van der Waals surface area contributed by atoms with Crippen LogP contribution in [0.3, 0.4) is 0 Å². The van der Waals surface area contributed by atoms with E-state index in [1.165, 1.54) is 7.05 Å². The van der Waals surface area contributed by atoms with E-state index >= 15 is 0 Å². The standard InChI is InChI=1S/C6H9N5O3/c1-11-6(8-3(12)2-7)9-4(10-11)5(13)14/h2,7H2,1H3,(H,13,14)(H,8,9,10,12). The number of carboxylic acid groups (broad SMARTS) is 1. The minimum Gasteiger partial charge on any atom is -0.475 e. The molecule has 0 bridgehead atoms. The van der Waals surface area contributed by atoms with E-state index in [-0.39, 0.29) is 18.3 Å². The van der Waals surface area contributed by atoms with Crippen LogP contribution in [-0.2, 0) is 11.8 Å². The van der Waals surface area contributed by atoms with Crippen LogP contribution in [0, 0.1) is 0 Å². The number of nitrogens with one attached hydrogen (secondary N) is 1. The zero-order valence-electron chi connectivity index (χ0n) is 7.39. The lowest BCUT2D eigenvalue weighted by Crippen LogP contribution is -2.23. The van der Waals surface area contributed by atoms with Crippen molar-refractivity contribution in [1.29, 1.82) is 0 Å². The molecule has 0 saturated heterocycles. The van der Waals surface area contributed by atoms with Gasteiger partial charge in [-0.3, -0.25) is 10.1 Å². The van der Waals surface area contributed by atoms with Gasteiger partial charge in [0.1, 0.15) is 0 Å². The van der Waals surface area contributed by atoms with Crippen molar-refractivity contribution in [1.82, 2.24) is 14.8 Å². The van der Waals surface area contributed by atoms with Gasteiger partial charge in [-0.15, -0.1) is 5.10 Å². The average molecular weight is 199 g/mol. The second-order valence-corrected chi connectivity index (χ2v) is 2.44. The summed E-state index contributed by atoms with van der Waals surface area (Å²) in [6.45, 7) is -0.199. The number of aromatic nitrogens is 3. The molecule has 76 valence electrons. The van der Waals surface area contributed by atoms with Crippen LogP contribution < -0.4 is 11.1 Å². The molecular formula is C6H9N5O3. The Kier molecular flexibility index (Phi) is 2.77. The summed E-state index contributed by atoms with van der Waals surface area (Å²) in [4.78, 5) is 24.9. The van der Waals surface area contributed by atoms with Crippen LogP contribution in [0.25, 0.3) is 0 Å². The van der Waals surface area contributed by atoms with Crippen LogP contribution in [0.15, 0.2) is 0 Å². The predicted octanol–water partition coefficient (Wildman–Crippen LogP) is -1.59. The third kappa shape index (κ3) is 2.04. The van der Waals surface area contributed by atoms with E-state index in [0.717, 1.165) is 4.68 Å². The van der Waals surface area contributed by atoms with Crippen molar-refractivity contribution in [2.45, 2.75) is 0 Å². The van der Waals surface area contributed by atoms with E-state index in [9.17, 15) is 9.59 Å². The second-order valence-electron chi connectivity index (χ2n) is 2.44. The number of hydrogen-bond donors (Lipinski definition) is 3. The molecule has 0 saturated carbocycles. The fourth-order valence-corrected chi connectivity index (χ4v) is 0.760. The van der Waals surface area contributed by atoms with Crippen LogP contribution in [-0.4, -0.2) is 38.3 Å². The molecule has 8 nitrogen and oxygen atoms in total. The summed E-state index contributed by atoms with van der Waals surface area (Å²) >= 11 is 0. The van der Waals surface area contributed by atoms with Gasteiger partial charge in [0, 0.05) is 7.05 Å². The van der Waals surface area contributed by atoms with Gasteiger partial charge in [-0.1, -0.05) is 0 Å². The molecule has 1 aromatic rings. The molecule has 0 aliphatic carbocycles. The highest BCUT2D eigenvalue weighted by atomic mass is 16.4. The fourth-order valence-electron chi connectivity index (χ4n) is 0.760. The molecule has 0 atom stereocenters. The van der Waals surface area contributed by atoms with Gasteiger partial charge in [0.2, 0.25) is 11.9 Å². The number of anilines is 1. The van der Waals surface area contributed by atoms with E-state index in [2.05, 4.69) is 15.4 Å². The minimum absolute atomic E-state index is 0.0536. The molecule has 1 amide bonds. The molecule has 1 rings (SSSR count). The molecule has 0 radical (unpaired) electrons. The van der Waals surface area contributed by atoms with E-state index in [1.54, 1.807) is 0 Å². The number of nitrogens with two attached hydrogens (primary N) is 1. The van der Waals surface area contributed by atoms with Gasteiger partial charge >= 0.3 is 5.97 Å². The highest BCUT2D eigenvalue weighted by Crippen LogP contribution is 2.01. The van der Waals surface area contributed by atoms with Crippen molar-refractivity contribution in [2.75, 3.05) is 11.9 Å². The fraction of sp³-hybridized carbons (Fsp3) is 0.333. The minimum atomic E-state index is -1.26. The average Bonchev–Trinajstić information content (AvgIpc) is 2.48. The summed E-state index contributed by atoms with van der Waals surface area (Å²) in [5.41, 5.74) is 5.05. The summed E-state index contributed by atoms with van der Waals surface area (Å²) in [6.07, 6.45) is 0. The third-order valence-electron chi connectivity index (χ3n) is 1.39. The first-order valence-corrected chi connectivity index (χ1v) is 3.69. The number of aryl methyl sites for hydroxylation is 1. The Balaban J connectivity index is 2.88. The normalized spacial score (nSPS) is 9.86. The van der Waals surface area contributed by atoms with Crippen molar-refractivity contribution in [3.63, 3.8) is 0 Å². The SMILES string of the molecule is Cn1nc(C(=O)O)nc1NC(=O)CN. The molecule has 0 unspecified atom stereocenters. The maximum Gasteiger partial charge on any atom is 0.375 e. The van der Waals surface area contributed by atoms with E-state index in [4.69, 9.17) is 10.8 Å². The molecule has 8 heteroatoms. The molecule has 0 aliphatic heterocycles. The molecule has 1 aromatic heterocycles. The van der Waals surface area contributed by atoms with Crippen molar-refractivity contribution in [3.8, 4) is 0 Å². The zero-order chi connectivity index (χ0) is 10.7. The zero-order valence-corrected chi connectivity index (χ0v) is 7.39. The lowest BCUT2D eigenvalue weighted by Gasteiger charge is -1.99. The molecule has 0 aliphatic rings. The maximum absolute atomic E-state index is 10.8. The Morgan fingerprint density at radius 2 is 2.29 bits per heavy atom. The lowest BCUT2D eigenvalue weighted by atomic mass is 10.6. The number of hydrogen-bond acceptors (Lipinski definition) is 5. The molecule has 1 heterocycles. The Morgan fingerprint density at radius 3 is 2.71 bits per heavy atom. The first-order chi connectivity index (χ1) is 6.54. The van der Waals surface area contributed by atoms with E-state index in [1.807, 2.05) is 0 Å². The molecule has 14 heavy (non-hydrogen) atoms. The Labute approximate surface area is 78.7 Å². The number of carboxylic acids is 1. The number of nitrogens with zero attached hydrogens (tertiary/aromatic N) is 3. The van der Waals surface area contributed by atoms with Gasteiger partial charge in [0.25, 0.3) is 5.82 Å². The number of aromatic carboxylic acids is 1. The quantitative estimate of drug-likeness (QED) is 0.539. The first kappa shape index (κ1) is 10.1. The molecule has 0 fully saturated rings. The molecule has 4 N–H and O–H groups in total. The predicted molar refractivity (Wildman–Crippen MR) is 45.6 cm³/mol. The van der Waals surface area contributed by atoms with Crippen molar-refractivity contribution in [2.24, 2.45) is 12.8 Å². The molecule has 0 spiro atoms. The smallest absolute Gasteiger partial charge is 0.375 e. The van der Waals surface area contributed by atoms with Crippen molar-refractivity contribution < 1.29 is 14.7 Å². The van der Waals surface area contributed by atoms with Crippen LogP contribution >= 0.6 is 0 Å². The molecule has 0 aromatic carbocycles. The van der Waals surface area contributed by atoms with Crippen LogP contribution in [0.4, 0.5) is 5.95 Å². The highest BCUT2D eigenvalue weighted by Gasteiger charge is 2.14. The molecular weight excluding hydrogens is 190 g/mol. The van der Waals surface area contributed by atoms with Crippen molar-refractivity contribution in [3.05, 3.63) is 5.82 Å². The number of amides is 1. The maximum atomic E-state index is 10.8. The summed E-state index contributed by atoms with van der Waals surface area (Å²) < 4.78 is 1.15. The topological polar surface area (TPSA) is 123 Å². The number of carbonyl (C=O) groups is 2. The van der Waals surface area contributed by atoms with Gasteiger partial charge in [-0.2, -0.15) is 4.98 Å². The second kappa shape index (κ2) is 3.83. The largest absolute Gasteiger partial charge is 0.475 e. The van der Waals surface area contributed by atoms with Gasteiger partial charge in [0.15, 0.2) is 0 Å². The lowest BCUT2D eigenvalue weighted by molar-refractivity contribution is -0.115. The summed E-state index contributed by atoms with van der Waals surface area (Å²) in [7, 11) is 1.46. The summed E-state index contributed by atoms with van der Waals surface area (Å²) in [5.74, 6) is -2.04.